The second kappa shape index (κ2) is 8.34. The zero-order chi connectivity index (χ0) is 16.7. The molecule has 1 amide bonds. The first-order chi connectivity index (χ1) is 11.1. The summed E-state index contributed by atoms with van der Waals surface area (Å²) < 4.78 is 5.17. The molecule has 122 valence electrons. The van der Waals surface area contributed by atoms with E-state index in [1.807, 2.05) is 36.4 Å². The van der Waals surface area contributed by atoms with E-state index in [2.05, 4.69) is 24.5 Å². The molecule has 2 aromatic carbocycles. The van der Waals surface area contributed by atoms with E-state index in [4.69, 9.17) is 4.74 Å². The number of methoxy groups -OCH3 is 1. The number of amides is 1. The Bertz CT molecular complexity index is 621. The Kier molecular flexibility index (Phi) is 6.18. The van der Waals surface area contributed by atoms with E-state index in [9.17, 15) is 4.79 Å². The molecule has 0 aliphatic carbocycles. The Morgan fingerprint density at radius 3 is 2.22 bits per heavy atom. The van der Waals surface area contributed by atoms with Crippen LogP contribution in [0.1, 0.15) is 21.5 Å². The molecule has 2 rings (SSSR count). The fraction of sp³-hybridized carbons (Fsp3) is 0.316. The highest BCUT2D eigenvalue weighted by Gasteiger charge is 2.07. The highest BCUT2D eigenvalue weighted by molar-refractivity contribution is 5.93. The monoisotopic (exact) mass is 313 g/mol. The minimum absolute atomic E-state index is 0.0447. The van der Waals surface area contributed by atoms with Gasteiger partial charge in [0.15, 0.2) is 0 Å². The van der Waals surface area contributed by atoms with E-state index in [1.165, 1.54) is 16.0 Å². The normalized spacial score (nSPS) is 11.8. The number of carbonyl (C=O) groups is 1. The zero-order valence-electron chi connectivity index (χ0n) is 14.1. The third-order valence-electron chi connectivity index (χ3n) is 3.95. The fourth-order valence-electron chi connectivity index (χ4n) is 2.51. The van der Waals surface area contributed by atoms with Gasteiger partial charge in [0.05, 0.1) is 20.7 Å². The molecule has 4 heteroatoms. The molecule has 1 unspecified atom stereocenters. The van der Waals surface area contributed by atoms with Crippen molar-refractivity contribution in [1.82, 2.24) is 5.32 Å². The number of hydrogen-bond donors (Lipinski definition) is 2. The first-order valence-corrected chi connectivity index (χ1v) is 7.87. The molecule has 2 N–H and O–H groups in total. The molecule has 0 heterocycles. The van der Waals surface area contributed by atoms with Gasteiger partial charge in [0.25, 0.3) is 5.91 Å². The van der Waals surface area contributed by atoms with Gasteiger partial charge in [-0.15, -0.1) is 0 Å². The molecule has 4 nitrogen and oxygen atoms in total. The van der Waals surface area contributed by atoms with Crippen LogP contribution < -0.4 is 15.0 Å². The van der Waals surface area contributed by atoms with E-state index < -0.39 is 0 Å². The van der Waals surface area contributed by atoms with E-state index in [0.717, 1.165) is 25.3 Å². The summed E-state index contributed by atoms with van der Waals surface area (Å²) in [4.78, 5) is 13.0. The summed E-state index contributed by atoms with van der Waals surface area (Å²) in [6.45, 7) is 2.01. The van der Waals surface area contributed by atoms with E-state index in [1.54, 1.807) is 14.2 Å². The molecule has 1 atom stereocenters. The van der Waals surface area contributed by atoms with Crippen molar-refractivity contribution in [3.63, 3.8) is 0 Å². The molecule has 23 heavy (non-hydrogen) atoms. The highest BCUT2D eigenvalue weighted by Crippen LogP contribution is 2.11. The Labute approximate surface area is 138 Å². The summed E-state index contributed by atoms with van der Waals surface area (Å²) in [5.41, 5.74) is 3.26. The van der Waals surface area contributed by atoms with Crippen LogP contribution in [0.5, 0.6) is 5.75 Å². The largest absolute Gasteiger partial charge is 0.497 e. The van der Waals surface area contributed by atoms with Crippen LogP contribution in [0.3, 0.4) is 0 Å². The van der Waals surface area contributed by atoms with Gasteiger partial charge in [-0.25, -0.2) is 0 Å². The van der Waals surface area contributed by atoms with E-state index in [0.29, 0.717) is 5.56 Å². The SMILES string of the molecule is CNC(=O)c1ccc(C[NH+](C)CCc2ccc(OC)cc2)cc1. The fourth-order valence-corrected chi connectivity index (χ4v) is 2.51. The number of ether oxygens (including phenoxy) is 1. The van der Waals surface area contributed by atoms with Gasteiger partial charge in [-0.2, -0.15) is 0 Å². The van der Waals surface area contributed by atoms with Crippen LogP contribution in [0.2, 0.25) is 0 Å². The number of hydrogen-bond acceptors (Lipinski definition) is 2. The number of likely N-dealkylation sites (N-methyl/N-ethyl adjacent to an activating group) is 1. The summed E-state index contributed by atoms with van der Waals surface area (Å²) in [7, 11) is 5.52. The smallest absolute Gasteiger partial charge is 0.251 e. The van der Waals surface area contributed by atoms with Gasteiger partial charge in [-0.05, 0) is 29.8 Å². The van der Waals surface area contributed by atoms with E-state index >= 15 is 0 Å². The molecule has 2 aromatic rings. The topological polar surface area (TPSA) is 42.8 Å². The predicted octanol–water partition coefficient (Wildman–Crippen LogP) is 1.31. The lowest BCUT2D eigenvalue weighted by Gasteiger charge is -2.14. The lowest BCUT2D eigenvalue weighted by molar-refractivity contribution is -0.893. The van der Waals surface area contributed by atoms with Gasteiger partial charge in [-0.1, -0.05) is 24.3 Å². The zero-order valence-corrected chi connectivity index (χ0v) is 14.1. The average molecular weight is 313 g/mol. The Morgan fingerprint density at radius 1 is 1.04 bits per heavy atom. The van der Waals surface area contributed by atoms with Gasteiger partial charge in [0, 0.05) is 24.6 Å². The number of carbonyl (C=O) groups excluding carboxylic acids is 1. The lowest BCUT2D eigenvalue weighted by atomic mass is 10.1. The van der Waals surface area contributed by atoms with Crippen LogP contribution >= 0.6 is 0 Å². The molecule has 0 spiro atoms. The number of rotatable bonds is 7. The van der Waals surface area contributed by atoms with Crippen LogP contribution in [-0.4, -0.2) is 33.7 Å². The number of benzene rings is 2. The standard InChI is InChI=1S/C19H24N2O2/c1-20-19(22)17-8-4-16(5-9-17)14-21(2)13-12-15-6-10-18(23-3)11-7-15/h4-11H,12-14H2,1-3H3,(H,20,22)/p+1. The molecule has 0 aliphatic rings. The van der Waals surface area contributed by atoms with Gasteiger partial charge >= 0.3 is 0 Å². The van der Waals surface area contributed by atoms with Gasteiger partial charge in [0.1, 0.15) is 12.3 Å². The third-order valence-corrected chi connectivity index (χ3v) is 3.95. The molecule has 0 saturated carbocycles. The predicted molar refractivity (Wildman–Crippen MR) is 92.0 cm³/mol. The summed E-state index contributed by atoms with van der Waals surface area (Å²) in [6, 6.07) is 16.1. The summed E-state index contributed by atoms with van der Waals surface area (Å²) in [5.74, 6) is 0.849. The maximum atomic E-state index is 11.5. The van der Waals surface area contributed by atoms with Crippen molar-refractivity contribution in [3.05, 3.63) is 65.2 Å². The van der Waals surface area contributed by atoms with Crippen LogP contribution in [0.15, 0.2) is 48.5 Å². The van der Waals surface area contributed by atoms with E-state index in [-0.39, 0.29) is 5.91 Å². The molecule has 0 aromatic heterocycles. The Morgan fingerprint density at radius 2 is 1.65 bits per heavy atom. The van der Waals surface area contributed by atoms with Crippen LogP contribution in [0.25, 0.3) is 0 Å². The average Bonchev–Trinajstić information content (AvgIpc) is 2.60. The molecular formula is C19H25N2O2+. The van der Waals surface area contributed by atoms with Crippen molar-refractivity contribution < 1.29 is 14.4 Å². The first kappa shape index (κ1) is 17.0. The molecular weight excluding hydrogens is 288 g/mol. The highest BCUT2D eigenvalue weighted by atomic mass is 16.5. The molecule has 0 fully saturated rings. The molecule has 0 aliphatic heterocycles. The van der Waals surface area contributed by atoms with Crippen LogP contribution in [-0.2, 0) is 13.0 Å². The van der Waals surface area contributed by atoms with Crippen molar-refractivity contribution in [2.24, 2.45) is 0 Å². The van der Waals surface area contributed by atoms with Crippen LogP contribution in [0, 0.1) is 0 Å². The first-order valence-electron chi connectivity index (χ1n) is 7.87. The summed E-state index contributed by atoms with van der Waals surface area (Å²) >= 11 is 0. The quantitative estimate of drug-likeness (QED) is 0.809. The number of quaternary nitrogens is 1. The van der Waals surface area contributed by atoms with Crippen molar-refractivity contribution in [1.29, 1.82) is 0 Å². The molecule has 0 bridgehead atoms. The lowest BCUT2D eigenvalue weighted by Crippen LogP contribution is -3.07. The maximum Gasteiger partial charge on any atom is 0.251 e. The Balaban J connectivity index is 1.84. The number of nitrogens with one attached hydrogen (secondary N) is 2. The molecule has 0 radical (unpaired) electrons. The minimum atomic E-state index is -0.0447. The molecule has 0 saturated heterocycles. The summed E-state index contributed by atoms with van der Waals surface area (Å²) in [6.07, 6.45) is 1.03. The summed E-state index contributed by atoms with van der Waals surface area (Å²) in [5, 5.41) is 2.64. The van der Waals surface area contributed by atoms with Gasteiger partial charge in [-0.3, -0.25) is 4.79 Å². The van der Waals surface area contributed by atoms with Gasteiger partial charge in [0.2, 0.25) is 0 Å². The van der Waals surface area contributed by atoms with Crippen molar-refractivity contribution in [2.45, 2.75) is 13.0 Å². The van der Waals surface area contributed by atoms with Gasteiger partial charge < -0.3 is 15.0 Å². The maximum absolute atomic E-state index is 11.5. The Hall–Kier alpha value is -2.33. The van der Waals surface area contributed by atoms with Crippen LogP contribution in [0.4, 0.5) is 0 Å². The van der Waals surface area contributed by atoms with Crippen molar-refractivity contribution in [2.75, 3.05) is 27.7 Å². The third kappa shape index (κ3) is 5.11. The van der Waals surface area contributed by atoms with Crippen molar-refractivity contribution >= 4 is 5.91 Å². The second-order valence-electron chi connectivity index (χ2n) is 5.76. The second-order valence-corrected chi connectivity index (χ2v) is 5.76. The van der Waals surface area contributed by atoms with Crippen molar-refractivity contribution in [3.8, 4) is 5.75 Å². The minimum Gasteiger partial charge on any atom is -0.497 e.